The largest absolute Gasteiger partial charge is 0.462 e. The van der Waals surface area contributed by atoms with Gasteiger partial charge in [0.05, 0.1) is 40.6 Å². The Hall–Kier alpha value is -5.57. The molecule has 6 aromatic rings. The minimum Gasteiger partial charge on any atom is -0.462 e. The fraction of sp³-hybridized carbons (Fsp3) is 0.147. The van der Waals surface area contributed by atoms with E-state index in [1.807, 2.05) is 62.4 Å². The highest BCUT2D eigenvalue weighted by Crippen LogP contribution is 2.39. The van der Waals surface area contributed by atoms with Gasteiger partial charge in [0, 0.05) is 5.56 Å². The van der Waals surface area contributed by atoms with Crippen LogP contribution in [0.4, 0.5) is 0 Å². The smallest absolute Gasteiger partial charge is 0.338 e. The van der Waals surface area contributed by atoms with Gasteiger partial charge >= 0.3 is 5.97 Å². The maximum Gasteiger partial charge on any atom is 0.338 e. The van der Waals surface area contributed by atoms with E-state index in [1.165, 1.54) is 0 Å². The zero-order chi connectivity index (χ0) is 30.1. The Morgan fingerprint density at radius 2 is 1.16 bits per heavy atom. The van der Waals surface area contributed by atoms with Crippen LogP contribution in [0.3, 0.4) is 0 Å². The molecule has 3 heterocycles. The second-order valence-electron chi connectivity index (χ2n) is 10.4. The predicted octanol–water partition coefficient (Wildman–Crippen LogP) is 6.29. The molecule has 9 nitrogen and oxygen atoms in total. The van der Waals surface area contributed by atoms with Gasteiger partial charge in [0.1, 0.15) is 11.5 Å². The highest BCUT2D eigenvalue weighted by Gasteiger charge is 2.33. The van der Waals surface area contributed by atoms with E-state index in [4.69, 9.17) is 9.15 Å². The molecule has 0 atom stereocenters. The molecule has 0 aliphatic heterocycles. The maximum atomic E-state index is 13.5. The zero-order valence-electron chi connectivity index (χ0n) is 23.9. The van der Waals surface area contributed by atoms with E-state index >= 15 is 0 Å². The normalized spacial score (nSPS) is 11.3. The molecule has 0 bridgehead atoms. The van der Waals surface area contributed by atoms with Gasteiger partial charge in [0.15, 0.2) is 0 Å². The first-order chi connectivity index (χ1) is 20.8. The maximum absolute atomic E-state index is 13.5. The van der Waals surface area contributed by atoms with Gasteiger partial charge < -0.3 is 9.15 Å². The molecule has 9 heteroatoms. The molecule has 0 radical (unpaired) electrons. The third-order valence-corrected chi connectivity index (χ3v) is 7.48. The lowest BCUT2D eigenvalue weighted by Crippen LogP contribution is -2.19. The Morgan fingerprint density at radius 1 is 0.674 bits per heavy atom. The number of aromatic amines is 4. The molecule has 0 unspecified atom stereocenters. The average molecular weight is 575 g/mol. The number of carbonyl (C=O) groups excluding carboxylic acids is 1. The van der Waals surface area contributed by atoms with Crippen molar-refractivity contribution in [1.29, 1.82) is 0 Å². The third-order valence-electron chi connectivity index (χ3n) is 7.48. The summed E-state index contributed by atoms with van der Waals surface area (Å²) in [5.74, 6) is -0.352. The number of ether oxygens (including phenoxy) is 1. The van der Waals surface area contributed by atoms with Crippen LogP contribution < -0.4 is 11.1 Å². The molecule has 0 fully saturated rings. The Morgan fingerprint density at radius 3 is 1.65 bits per heavy atom. The van der Waals surface area contributed by atoms with Gasteiger partial charge in [-0.05, 0) is 56.2 Å². The SMILES string of the molecule is CCOC(=O)c1ccc(-c2ccc(C(c3c(-c4ccc(C)cc4)[nH][nH]c3=O)c3c(-c4ccc(C)cc4)[nH][nH]c3=O)o2)cc1. The molecular weight excluding hydrogens is 544 g/mol. The van der Waals surface area contributed by atoms with Crippen molar-refractivity contribution in [3.8, 4) is 33.8 Å². The standard InChI is InChI=1S/C34H30N4O5/c1-4-42-34(41)24-15-13-21(14-16-24)25-17-18-26(43-25)27(28-30(35-37-32(28)39)22-9-5-19(2)6-10-22)29-31(36-38-33(29)40)23-11-7-20(3)8-12-23/h5-18,27H,4H2,1-3H3,(H2,35,37,39)(H2,36,38,40). The summed E-state index contributed by atoms with van der Waals surface area (Å²) in [4.78, 5) is 39.2. The molecule has 0 saturated carbocycles. The first kappa shape index (κ1) is 27.6. The van der Waals surface area contributed by atoms with Crippen LogP contribution in [0.15, 0.2) is 98.9 Å². The minimum atomic E-state index is -0.870. The van der Waals surface area contributed by atoms with Crippen LogP contribution in [0.1, 0.15) is 51.2 Å². The van der Waals surface area contributed by atoms with Crippen LogP contribution in [0.5, 0.6) is 0 Å². The van der Waals surface area contributed by atoms with E-state index in [0.717, 1.165) is 27.8 Å². The number of nitrogens with one attached hydrogen (secondary N) is 4. The summed E-state index contributed by atoms with van der Waals surface area (Å²) in [5.41, 5.74) is 5.95. The van der Waals surface area contributed by atoms with Crippen molar-refractivity contribution in [2.45, 2.75) is 26.7 Å². The van der Waals surface area contributed by atoms with Gasteiger partial charge in [-0.25, -0.2) is 4.79 Å². The molecule has 0 aliphatic carbocycles. The minimum absolute atomic E-state index is 0.287. The molecular formula is C34H30N4O5. The Kier molecular flexibility index (Phi) is 7.29. The summed E-state index contributed by atoms with van der Waals surface area (Å²) in [6.07, 6.45) is 0. The number of aryl methyl sites for hydroxylation is 2. The number of hydrogen-bond donors (Lipinski definition) is 4. The average Bonchev–Trinajstić information content (AvgIpc) is 3.75. The predicted molar refractivity (Wildman–Crippen MR) is 164 cm³/mol. The van der Waals surface area contributed by atoms with Crippen molar-refractivity contribution in [2.24, 2.45) is 0 Å². The van der Waals surface area contributed by atoms with Gasteiger partial charge in [-0.3, -0.25) is 30.0 Å². The van der Waals surface area contributed by atoms with E-state index in [9.17, 15) is 14.4 Å². The molecule has 216 valence electrons. The molecule has 3 aromatic carbocycles. The summed E-state index contributed by atoms with van der Waals surface area (Å²) >= 11 is 0. The van der Waals surface area contributed by atoms with E-state index in [2.05, 4.69) is 20.4 Å². The number of furan rings is 1. The number of aromatic nitrogens is 4. The first-order valence-corrected chi connectivity index (χ1v) is 14.0. The van der Waals surface area contributed by atoms with Crippen LogP contribution in [0.25, 0.3) is 33.8 Å². The van der Waals surface area contributed by atoms with Crippen molar-refractivity contribution >= 4 is 5.97 Å². The van der Waals surface area contributed by atoms with E-state index in [-0.39, 0.29) is 17.7 Å². The lowest BCUT2D eigenvalue weighted by atomic mass is 9.86. The summed E-state index contributed by atoms with van der Waals surface area (Å²) in [5, 5.41) is 11.5. The number of benzene rings is 3. The number of H-pyrrole nitrogens is 4. The summed E-state index contributed by atoms with van der Waals surface area (Å²) in [7, 11) is 0. The van der Waals surface area contributed by atoms with Crippen LogP contribution in [0, 0.1) is 13.8 Å². The second-order valence-corrected chi connectivity index (χ2v) is 10.4. The Labute approximate surface area is 246 Å². The molecule has 0 spiro atoms. The lowest BCUT2D eigenvalue weighted by Gasteiger charge is -2.15. The summed E-state index contributed by atoms with van der Waals surface area (Å²) in [6.45, 7) is 6.02. The van der Waals surface area contributed by atoms with Crippen molar-refractivity contribution in [2.75, 3.05) is 6.61 Å². The number of esters is 1. The van der Waals surface area contributed by atoms with Crippen LogP contribution >= 0.6 is 0 Å². The highest BCUT2D eigenvalue weighted by molar-refractivity contribution is 5.90. The van der Waals surface area contributed by atoms with Crippen LogP contribution in [0.2, 0.25) is 0 Å². The lowest BCUT2D eigenvalue weighted by molar-refractivity contribution is 0.0526. The fourth-order valence-electron chi connectivity index (χ4n) is 5.26. The summed E-state index contributed by atoms with van der Waals surface area (Å²) in [6, 6.07) is 26.0. The molecule has 3 aromatic heterocycles. The molecule has 0 saturated heterocycles. The number of rotatable bonds is 8. The van der Waals surface area contributed by atoms with E-state index in [0.29, 0.717) is 39.6 Å². The fourth-order valence-corrected chi connectivity index (χ4v) is 5.26. The van der Waals surface area contributed by atoms with Gasteiger partial charge in [-0.2, -0.15) is 0 Å². The molecule has 43 heavy (non-hydrogen) atoms. The van der Waals surface area contributed by atoms with Crippen molar-refractivity contribution in [3.05, 3.63) is 139 Å². The zero-order valence-corrected chi connectivity index (χ0v) is 23.9. The van der Waals surface area contributed by atoms with Gasteiger partial charge in [-0.1, -0.05) is 71.8 Å². The first-order valence-electron chi connectivity index (χ1n) is 14.0. The second kappa shape index (κ2) is 11.4. The van der Waals surface area contributed by atoms with Crippen LogP contribution in [-0.2, 0) is 4.74 Å². The summed E-state index contributed by atoms with van der Waals surface area (Å²) < 4.78 is 11.5. The van der Waals surface area contributed by atoms with Crippen molar-refractivity contribution < 1.29 is 13.9 Å². The van der Waals surface area contributed by atoms with Crippen LogP contribution in [-0.4, -0.2) is 33.0 Å². The van der Waals surface area contributed by atoms with E-state index < -0.39 is 11.9 Å². The Balaban J connectivity index is 1.52. The van der Waals surface area contributed by atoms with Gasteiger partial charge in [0.2, 0.25) is 0 Å². The van der Waals surface area contributed by atoms with Crippen molar-refractivity contribution in [1.82, 2.24) is 20.4 Å². The van der Waals surface area contributed by atoms with Gasteiger partial charge in [-0.15, -0.1) is 0 Å². The third kappa shape index (κ3) is 5.28. The molecule has 6 rings (SSSR count). The van der Waals surface area contributed by atoms with Gasteiger partial charge in [0.25, 0.3) is 11.1 Å². The number of carbonyl (C=O) groups is 1. The molecule has 4 N–H and O–H groups in total. The molecule has 0 amide bonds. The number of hydrogen-bond acceptors (Lipinski definition) is 5. The topological polar surface area (TPSA) is 137 Å². The Bertz CT molecular complexity index is 1910. The monoisotopic (exact) mass is 574 g/mol. The highest BCUT2D eigenvalue weighted by atomic mass is 16.5. The van der Waals surface area contributed by atoms with E-state index in [1.54, 1.807) is 43.3 Å². The molecule has 0 aliphatic rings. The van der Waals surface area contributed by atoms with Crippen molar-refractivity contribution in [3.63, 3.8) is 0 Å². The quantitative estimate of drug-likeness (QED) is 0.158.